The highest BCUT2D eigenvalue weighted by Crippen LogP contribution is 2.22. The lowest BCUT2D eigenvalue weighted by Crippen LogP contribution is -2.30. The molecular weight excluding hydrogens is 224 g/mol. The minimum atomic E-state index is 0.201. The van der Waals surface area contributed by atoms with E-state index in [0.717, 1.165) is 19.4 Å². The van der Waals surface area contributed by atoms with Crippen LogP contribution in [0.1, 0.15) is 43.9 Å². The van der Waals surface area contributed by atoms with Crippen LogP contribution in [0.4, 0.5) is 0 Å². The van der Waals surface area contributed by atoms with Gasteiger partial charge in [0.25, 0.3) is 0 Å². The van der Waals surface area contributed by atoms with E-state index in [0.29, 0.717) is 5.92 Å². The monoisotopic (exact) mass is 250 g/mol. The first kappa shape index (κ1) is 15.2. The highest BCUT2D eigenvalue weighted by atomic mass is 16.5. The quantitative estimate of drug-likeness (QED) is 0.551. The Hall–Kier alpha value is -0.900. The predicted octanol–water partition coefficient (Wildman–Crippen LogP) is 2.82. The fourth-order valence-electron chi connectivity index (χ4n) is 2.31. The summed E-state index contributed by atoms with van der Waals surface area (Å²) in [6.07, 6.45) is 3.28. The maximum atomic E-state index is 5.68. The smallest absolute Gasteiger partial charge is 0.0488 e. The van der Waals surface area contributed by atoms with E-state index >= 15 is 0 Å². The molecule has 0 spiro atoms. The molecule has 1 aromatic rings. The molecule has 0 saturated heterocycles. The highest BCUT2D eigenvalue weighted by Gasteiger charge is 2.14. The van der Waals surface area contributed by atoms with Crippen LogP contribution in [0, 0.1) is 5.92 Å². The standard InChI is InChI=1S/C15H26N2O/c1-4-6-13-7-5-8-14(10-13)15(17-16)9-12(2)11-18-3/h5,7-8,10,12,15,17H,4,6,9,11,16H2,1-3H3. The van der Waals surface area contributed by atoms with Gasteiger partial charge in [-0.05, 0) is 29.9 Å². The largest absolute Gasteiger partial charge is 0.384 e. The lowest BCUT2D eigenvalue weighted by atomic mass is 9.95. The van der Waals surface area contributed by atoms with Crippen molar-refractivity contribution >= 4 is 0 Å². The lowest BCUT2D eigenvalue weighted by Gasteiger charge is -2.21. The Morgan fingerprint density at radius 2 is 2.17 bits per heavy atom. The molecule has 0 bridgehead atoms. The van der Waals surface area contributed by atoms with Crippen LogP contribution < -0.4 is 11.3 Å². The van der Waals surface area contributed by atoms with Crippen molar-refractivity contribution in [2.45, 2.75) is 39.2 Å². The summed E-state index contributed by atoms with van der Waals surface area (Å²) >= 11 is 0. The van der Waals surface area contributed by atoms with Crippen molar-refractivity contribution < 1.29 is 4.74 Å². The molecule has 0 amide bonds. The molecule has 3 nitrogen and oxygen atoms in total. The number of hydrazine groups is 1. The zero-order valence-corrected chi connectivity index (χ0v) is 11.8. The van der Waals surface area contributed by atoms with Gasteiger partial charge in [0, 0.05) is 19.8 Å². The van der Waals surface area contributed by atoms with Crippen LogP contribution in [-0.2, 0) is 11.2 Å². The molecule has 1 rings (SSSR count). The number of nitrogens with two attached hydrogens (primary N) is 1. The summed E-state index contributed by atoms with van der Waals surface area (Å²) in [5.74, 6) is 6.17. The minimum Gasteiger partial charge on any atom is -0.384 e. The number of nitrogens with one attached hydrogen (secondary N) is 1. The van der Waals surface area contributed by atoms with Crippen molar-refractivity contribution in [1.29, 1.82) is 0 Å². The first-order valence-corrected chi connectivity index (χ1v) is 6.75. The van der Waals surface area contributed by atoms with E-state index < -0.39 is 0 Å². The van der Waals surface area contributed by atoms with E-state index in [1.807, 2.05) is 0 Å². The van der Waals surface area contributed by atoms with Crippen molar-refractivity contribution in [3.63, 3.8) is 0 Å². The summed E-state index contributed by atoms with van der Waals surface area (Å²) in [6, 6.07) is 8.90. The van der Waals surface area contributed by atoms with E-state index in [9.17, 15) is 0 Å². The fraction of sp³-hybridized carbons (Fsp3) is 0.600. The van der Waals surface area contributed by atoms with Gasteiger partial charge in [0.1, 0.15) is 0 Å². The highest BCUT2D eigenvalue weighted by molar-refractivity contribution is 5.26. The van der Waals surface area contributed by atoms with Crippen LogP contribution in [0.15, 0.2) is 24.3 Å². The average Bonchev–Trinajstić information content (AvgIpc) is 2.37. The van der Waals surface area contributed by atoms with E-state index in [2.05, 4.69) is 43.5 Å². The average molecular weight is 250 g/mol. The molecule has 3 heteroatoms. The molecule has 0 saturated carbocycles. The van der Waals surface area contributed by atoms with Crippen LogP contribution in [0.5, 0.6) is 0 Å². The molecule has 18 heavy (non-hydrogen) atoms. The third-order valence-corrected chi connectivity index (χ3v) is 3.18. The van der Waals surface area contributed by atoms with Gasteiger partial charge in [-0.15, -0.1) is 0 Å². The molecule has 102 valence electrons. The van der Waals surface area contributed by atoms with Crippen molar-refractivity contribution in [1.82, 2.24) is 5.43 Å². The maximum Gasteiger partial charge on any atom is 0.0488 e. The lowest BCUT2D eigenvalue weighted by molar-refractivity contribution is 0.149. The molecule has 2 unspecified atom stereocenters. The normalized spacial score (nSPS) is 14.4. The fourth-order valence-corrected chi connectivity index (χ4v) is 2.31. The molecule has 0 aliphatic rings. The Bertz CT molecular complexity index is 341. The number of ether oxygens (including phenoxy) is 1. The van der Waals surface area contributed by atoms with Gasteiger partial charge in [0.05, 0.1) is 0 Å². The van der Waals surface area contributed by atoms with Crippen molar-refractivity contribution in [2.24, 2.45) is 11.8 Å². The zero-order valence-electron chi connectivity index (χ0n) is 11.8. The van der Waals surface area contributed by atoms with E-state index in [4.69, 9.17) is 10.6 Å². The number of aryl methyl sites for hydroxylation is 1. The first-order valence-electron chi connectivity index (χ1n) is 6.75. The summed E-state index contributed by atoms with van der Waals surface area (Å²) in [5, 5.41) is 0. The molecule has 2 atom stereocenters. The van der Waals surface area contributed by atoms with Gasteiger partial charge < -0.3 is 4.74 Å². The minimum absolute atomic E-state index is 0.201. The Morgan fingerprint density at radius 1 is 1.39 bits per heavy atom. The maximum absolute atomic E-state index is 5.68. The summed E-state index contributed by atoms with van der Waals surface area (Å²) in [6.45, 7) is 5.16. The first-order chi connectivity index (χ1) is 8.71. The van der Waals surface area contributed by atoms with Crippen LogP contribution in [0.25, 0.3) is 0 Å². The number of hydrogen-bond donors (Lipinski definition) is 2. The van der Waals surface area contributed by atoms with Crippen LogP contribution in [-0.4, -0.2) is 13.7 Å². The summed E-state index contributed by atoms with van der Waals surface area (Å²) in [5.41, 5.74) is 5.58. The Kier molecular flexibility index (Phi) is 6.94. The van der Waals surface area contributed by atoms with Gasteiger partial charge >= 0.3 is 0 Å². The number of methoxy groups -OCH3 is 1. The van der Waals surface area contributed by atoms with Crippen LogP contribution in [0.3, 0.4) is 0 Å². The molecule has 0 radical (unpaired) electrons. The molecule has 1 aromatic carbocycles. The SMILES string of the molecule is CCCc1cccc(C(CC(C)COC)NN)c1. The number of benzene rings is 1. The number of hydrogen-bond acceptors (Lipinski definition) is 3. The topological polar surface area (TPSA) is 47.3 Å². The van der Waals surface area contributed by atoms with Crippen LogP contribution >= 0.6 is 0 Å². The van der Waals surface area contributed by atoms with Gasteiger partial charge in [-0.25, -0.2) is 0 Å². The Balaban J connectivity index is 2.71. The van der Waals surface area contributed by atoms with Crippen molar-refractivity contribution in [3.8, 4) is 0 Å². The molecule has 3 N–H and O–H groups in total. The van der Waals surface area contributed by atoms with Gasteiger partial charge in [-0.3, -0.25) is 11.3 Å². The summed E-state index contributed by atoms with van der Waals surface area (Å²) < 4.78 is 5.18. The van der Waals surface area contributed by atoms with Gasteiger partial charge in [-0.2, -0.15) is 0 Å². The van der Waals surface area contributed by atoms with Gasteiger partial charge in [0.15, 0.2) is 0 Å². The van der Waals surface area contributed by atoms with E-state index in [1.54, 1.807) is 7.11 Å². The zero-order chi connectivity index (χ0) is 13.4. The Labute approximate surface area is 111 Å². The second-order valence-electron chi connectivity index (χ2n) is 5.01. The molecule has 0 heterocycles. The van der Waals surface area contributed by atoms with Crippen LogP contribution in [0.2, 0.25) is 0 Å². The third kappa shape index (κ3) is 4.77. The molecule has 0 aliphatic carbocycles. The summed E-state index contributed by atoms with van der Waals surface area (Å²) in [4.78, 5) is 0. The Morgan fingerprint density at radius 3 is 2.78 bits per heavy atom. The molecule has 0 aromatic heterocycles. The second-order valence-corrected chi connectivity index (χ2v) is 5.01. The van der Waals surface area contributed by atoms with Crippen molar-refractivity contribution in [2.75, 3.05) is 13.7 Å². The second kappa shape index (κ2) is 8.25. The third-order valence-electron chi connectivity index (χ3n) is 3.18. The van der Waals surface area contributed by atoms with E-state index in [1.165, 1.54) is 17.5 Å². The molecule has 0 aliphatic heterocycles. The molecular formula is C15H26N2O. The van der Waals surface area contributed by atoms with E-state index in [-0.39, 0.29) is 6.04 Å². The number of rotatable bonds is 8. The van der Waals surface area contributed by atoms with Crippen molar-refractivity contribution in [3.05, 3.63) is 35.4 Å². The van der Waals surface area contributed by atoms with Gasteiger partial charge in [0.2, 0.25) is 0 Å². The predicted molar refractivity (Wildman–Crippen MR) is 76.2 cm³/mol. The van der Waals surface area contributed by atoms with Gasteiger partial charge in [-0.1, -0.05) is 44.5 Å². The summed E-state index contributed by atoms with van der Waals surface area (Å²) in [7, 11) is 1.74. The molecule has 0 fully saturated rings.